The third-order valence-electron chi connectivity index (χ3n) is 2.46. The van der Waals surface area contributed by atoms with Crippen LogP contribution in [-0.4, -0.2) is 30.3 Å². The highest BCUT2D eigenvalue weighted by Gasteiger charge is 2.18. The van der Waals surface area contributed by atoms with Gasteiger partial charge in [0.2, 0.25) is 0 Å². The van der Waals surface area contributed by atoms with E-state index in [0.29, 0.717) is 17.9 Å². The fourth-order valence-electron chi connectivity index (χ4n) is 1.59. The van der Waals surface area contributed by atoms with Crippen molar-refractivity contribution in [3.05, 3.63) is 23.8 Å². The van der Waals surface area contributed by atoms with E-state index in [1.54, 1.807) is 6.07 Å². The fourth-order valence-corrected chi connectivity index (χ4v) is 1.59. The summed E-state index contributed by atoms with van der Waals surface area (Å²) in [5, 5.41) is 8.89. The number of hydrogen-bond acceptors (Lipinski definition) is 4. The molecule has 0 aliphatic rings. The molecule has 1 rings (SSSR count). The zero-order valence-corrected chi connectivity index (χ0v) is 10.8. The topological polar surface area (TPSA) is 81.8 Å². The van der Waals surface area contributed by atoms with Gasteiger partial charge in [-0.3, -0.25) is 0 Å². The number of carboxylic acids is 1. The van der Waals surface area contributed by atoms with E-state index in [1.807, 2.05) is 19.1 Å². The smallest absolute Gasteiger partial charge is 0.344 e. The van der Waals surface area contributed by atoms with Crippen LogP contribution in [0.2, 0.25) is 0 Å². The molecule has 0 saturated carbocycles. The van der Waals surface area contributed by atoms with Crippen molar-refractivity contribution in [2.45, 2.75) is 32.4 Å². The Morgan fingerprint density at radius 1 is 1.44 bits per heavy atom. The molecule has 18 heavy (non-hydrogen) atoms. The number of ether oxygens (including phenoxy) is 2. The highest BCUT2D eigenvalue weighted by molar-refractivity contribution is 5.72. The minimum atomic E-state index is -1.02. The largest absolute Gasteiger partial charge is 0.493 e. The van der Waals surface area contributed by atoms with Crippen LogP contribution in [0, 0.1) is 0 Å². The van der Waals surface area contributed by atoms with Crippen molar-refractivity contribution in [3.63, 3.8) is 0 Å². The van der Waals surface area contributed by atoms with E-state index in [4.69, 9.17) is 20.3 Å². The number of carboxylic acid groups (broad SMARTS) is 1. The molecule has 5 nitrogen and oxygen atoms in total. The quantitative estimate of drug-likeness (QED) is 0.801. The summed E-state index contributed by atoms with van der Waals surface area (Å²) in [6.45, 7) is 3.36. The molecule has 3 N–H and O–H groups in total. The molecule has 2 atom stereocenters. The van der Waals surface area contributed by atoms with E-state index in [2.05, 4.69) is 0 Å². The summed E-state index contributed by atoms with van der Waals surface area (Å²) in [5.74, 6) is -0.0545. The molecular formula is C13H19NO4. The second-order valence-electron chi connectivity index (χ2n) is 4.23. The Kier molecular flexibility index (Phi) is 4.97. The molecule has 0 fully saturated rings. The van der Waals surface area contributed by atoms with Crippen LogP contribution in [0.25, 0.3) is 0 Å². The average Bonchev–Trinajstić information content (AvgIpc) is 2.30. The van der Waals surface area contributed by atoms with Crippen molar-refractivity contribution >= 4 is 5.97 Å². The van der Waals surface area contributed by atoms with Crippen molar-refractivity contribution in [2.75, 3.05) is 7.11 Å². The second-order valence-corrected chi connectivity index (χ2v) is 4.23. The minimum absolute atomic E-state index is 0.0420. The third kappa shape index (κ3) is 3.63. The van der Waals surface area contributed by atoms with Gasteiger partial charge in [0.25, 0.3) is 0 Å². The van der Waals surface area contributed by atoms with E-state index in [-0.39, 0.29) is 6.04 Å². The molecule has 100 valence electrons. The zero-order chi connectivity index (χ0) is 13.7. The molecule has 0 aromatic heterocycles. The van der Waals surface area contributed by atoms with E-state index < -0.39 is 12.1 Å². The van der Waals surface area contributed by atoms with Gasteiger partial charge in [-0.15, -0.1) is 0 Å². The van der Waals surface area contributed by atoms with Crippen molar-refractivity contribution in [3.8, 4) is 11.5 Å². The number of methoxy groups -OCH3 is 1. The lowest BCUT2D eigenvalue weighted by molar-refractivity contribution is -0.144. The van der Waals surface area contributed by atoms with Gasteiger partial charge in [0.05, 0.1) is 7.11 Å². The normalized spacial score (nSPS) is 13.8. The lowest BCUT2D eigenvalue weighted by Gasteiger charge is -2.18. The Hall–Kier alpha value is -1.75. The predicted octanol–water partition coefficient (Wildman–Crippen LogP) is 1.44. The Labute approximate surface area is 107 Å². The zero-order valence-electron chi connectivity index (χ0n) is 10.8. The first-order valence-corrected chi connectivity index (χ1v) is 5.76. The fraction of sp³-hybridized carbons (Fsp3) is 0.462. The Morgan fingerprint density at radius 2 is 2.11 bits per heavy atom. The summed E-state index contributed by atoms with van der Waals surface area (Å²) in [4.78, 5) is 10.8. The monoisotopic (exact) mass is 253 g/mol. The van der Waals surface area contributed by atoms with Gasteiger partial charge >= 0.3 is 5.97 Å². The van der Waals surface area contributed by atoms with Gasteiger partial charge in [-0.1, -0.05) is 12.1 Å². The molecule has 0 bridgehead atoms. The average molecular weight is 253 g/mol. The number of rotatable bonds is 6. The first-order valence-electron chi connectivity index (χ1n) is 5.76. The third-order valence-corrected chi connectivity index (χ3v) is 2.46. The lowest BCUT2D eigenvalue weighted by Crippen LogP contribution is -2.25. The van der Waals surface area contributed by atoms with Crippen LogP contribution in [-0.2, 0) is 11.2 Å². The van der Waals surface area contributed by atoms with Gasteiger partial charge in [0, 0.05) is 6.04 Å². The van der Waals surface area contributed by atoms with Gasteiger partial charge in [-0.25, -0.2) is 4.79 Å². The van der Waals surface area contributed by atoms with E-state index in [9.17, 15) is 4.79 Å². The Morgan fingerprint density at radius 3 is 2.61 bits per heavy atom. The summed E-state index contributed by atoms with van der Waals surface area (Å²) in [5.41, 5.74) is 6.61. The van der Waals surface area contributed by atoms with Crippen LogP contribution in [0.15, 0.2) is 18.2 Å². The molecule has 0 heterocycles. The molecule has 0 aliphatic carbocycles. The molecule has 0 saturated heterocycles. The molecule has 5 heteroatoms. The first-order chi connectivity index (χ1) is 8.45. The summed E-state index contributed by atoms with van der Waals surface area (Å²) >= 11 is 0. The van der Waals surface area contributed by atoms with Gasteiger partial charge in [-0.2, -0.15) is 0 Å². The van der Waals surface area contributed by atoms with Crippen LogP contribution >= 0.6 is 0 Å². The number of nitrogens with two attached hydrogens (primary N) is 1. The van der Waals surface area contributed by atoms with E-state index in [1.165, 1.54) is 14.0 Å². The van der Waals surface area contributed by atoms with E-state index in [0.717, 1.165) is 5.56 Å². The van der Waals surface area contributed by atoms with Crippen LogP contribution < -0.4 is 15.2 Å². The van der Waals surface area contributed by atoms with Gasteiger partial charge in [0.15, 0.2) is 17.6 Å². The van der Waals surface area contributed by atoms with Crippen LogP contribution in [0.3, 0.4) is 0 Å². The molecule has 0 radical (unpaired) electrons. The molecule has 1 aromatic rings. The molecule has 1 aromatic carbocycles. The highest BCUT2D eigenvalue weighted by atomic mass is 16.5. The first kappa shape index (κ1) is 14.3. The Bertz CT molecular complexity index is 417. The van der Waals surface area contributed by atoms with Crippen molar-refractivity contribution in [2.24, 2.45) is 5.73 Å². The number of benzene rings is 1. The maximum atomic E-state index is 10.8. The Balaban J connectivity index is 3.07. The summed E-state index contributed by atoms with van der Waals surface area (Å²) in [6, 6.07) is 5.37. The summed E-state index contributed by atoms with van der Waals surface area (Å²) in [6.07, 6.45) is -0.341. The molecular weight excluding hydrogens is 234 g/mol. The highest BCUT2D eigenvalue weighted by Crippen LogP contribution is 2.32. The van der Waals surface area contributed by atoms with Crippen molar-refractivity contribution in [1.29, 1.82) is 0 Å². The van der Waals surface area contributed by atoms with Gasteiger partial charge in [-0.05, 0) is 31.9 Å². The van der Waals surface area contributed by atoms with Crippen LogP contribution in [0.1, 0.15) is 19.4 Å². The summed E-state index contributed by atoms with van der Waals surface area (Å²) in [7, 11) is 1.52. The summed E-state index contributed by atoms with van der Waals surface area (Å²) < 4.78 is 10.6. The predicted molar refractivity (Wildman–Crippen MR) is 68.1 cm³/mol. The SMILES string of the molecule is COc1cccc(CC(C)N)c1OC(C)C(=O)O. The number of hydrogen-bond donors (Lipinski definition) is 2. The minimum Gasteiger partial charge on any atom is -0.493 e. The van der Waals surface area contributed by atoms with Crippen molar-refractivity contribution in [1.82, 2.24) is 0 Å². The molecule has 2 unspecified atom stereocenters. The van der Waals surface area contributed by atoms with Gasteiger partial charge in [0.1, 0.15) is 0 Å². The number of aliphatic carboxylic acids is 1. The van der Waals surface area contributed by atoms with Crippen LogP contribution in [0.5, 0.6) is 11.5 Å². The number of para-hydroxylation sites is 1. The standard InChI is InChI=1S/C13H19NO4/c1-8(14)7-10-5-4-6-11(17-3)12(10)18-9(2)13(15)16/h4-6,8-9H,7,14H2,1-3H3,(H,15,16). The molecule has 0 amide bonds. The maximum Gasteiger partial charge on any atom is 0.344 e. The van der Waals surface area contributed by atoms with Gasteiger partial charge < -0.3 is 20.3 Å². The van der Waals surface area contributed by atoms with Crippen molar-refractivity contribution < 1.29 is 19.4 Å². The lowest BCUT2D eigenvalue weighted by atomic mass is 10.1. The number of carbonyl (C=O) groups is 1. The second kappa shape index (κ2) is 6.26. The maximum absolute atomic E-state index is 10.8. The molecule has 0 aliphatic heterocycles. The van der Waals surface area contributed by atoms with E-state index >= 15 is 0 Å². The van der Waals surface area contributed by atoms with Crippen LogP contribution in [0.4, 0.5) is 0 Å². The molecule has 0 spiro atoms.